The highest BCUT2D eigenvalue weighted by molar-refractivity contribution is 5.53. The van der Waals surface area contributed by atoms with Crippen LogP contribution in [0.5, 0.6) is 0 Å². The van der Waals surface area contributed by atoms with Gasteiger partial charge in [-0.15, -0.1) is 0 Å². The predicted molar refractivity (Wildman–Crippen MR) is 112 cm³/mol. The molecule has 0 bridgehead atoms. The lowest BCUT2D eigenvalue weighted by molar-refractivity contribution is 0.243. The number of anilines is 2. The monoisotopic (exact) mass is 365 g/mol. The zero-order chi connectivity index (χ0) is 19.0. The number of hydrogen-bond donors (Lipinski definition) is 0. The number of hydrogen-bond acceptors (Lipinski definition) is 5. The molecule has 1 aromatic heterocycles. The van der Waals surface area contributed by atoms with Crippen molar-refractivity contribution in [1.82, 2.24) is 14.9 Å². The molecule has 1 aromatic carbocycles. The maximum absolute atomic E-state index is 4.97. The summed E-state index contributed by atoms with van der Waals surface area (Å²) in [6.07, 6.45) is 3.51. The van der Waals surface area contributed by atoms with E-state index in [1.54, 1.807) is 0 Å². The zero-order valence-corrected chi connectivity index (χ0v) is 17.1. The molecule has 2 aliphatic heterocycles. The summed E-state index contributed by atoms with van der Waals surface area (Å²) in [5.74, 6) is 2.02. The summed E-state index contributed by atoms with van der Waals surface area (Å²) in [5, 5.41) is 0. The quantitative estimate of drug-likeness (QED) is 0.831. The highest BCUT2D eigenvalue weighted by Gasteiger charge is 2.25. The topological polar surface area (TPSA) is 35.5 Å². The molecule has 0 amide bonds. The van der Waals surface area contributed by atoms with Crippen LogP contribution in [0.4, 0.5) is 11.8 Å². The Morgan fingerprint density at radius 3 is 2.33 bits per heavy atom. The van der Waals surface area contributed by atoms with Gasteiger partial charge in [0.1, 0.15) is 5.82 Å². The number of aromatic nitrogens is 2. The summed E-state index contributed by atoms with van der Waals surface area (Å²) in [6.45, 7) is 9.51. The van der Waals surface area contributed by atoms with Gasteiger partial charge in [0.2, 0.25) is 5.95 Å². The molecular weight excluding hydrogens is 334 g/mol. The second-order valence-corrected chi connectivity index (χ2v) is 8.32. The normalized spacial score (nSPS) is 17.3. The van der Waals surface area contributed by atoms with Crippen LogP contribution in [-0.4, -0.2) is 48.6 Å². The highest BCUT2D eigenvalue weighted by Crippen LogP contribution is 2.29. The third-order valence-electron chi connectivity index (χ3n) is 5.61. The largest absolute Gasteiger partial charge is 0.362 e. The molecule has 2 aliphatic rings. The number of fused-ring (bicyclic) bond motifs is 1. The van der Waals surface area contributed by atoms with E-state index in [-0.39, 0.29) is 0 Å². The fraction of sp³-hybridized carbons (Fsp3) is 0.545. The summed E-state index contributed by atoms with van der Waals surface area (Å²) in [6, 6.07) is 6.86. The van der Waals surface area contributed by atoms with Crippen molar-refractivity contribution in [3.63, 3.8) is 0 Å². The maximum atomic E-state index is 4.97. The van der Waals surface area contributed by atoms with E-state index in [0.29, 0.717) is 0 Å². The van der Waals surface area contributed by atoms with Gasteiger partial charge in [-0.05, 0) is 32.3 Å². The molecule has 0 unspecified atom stereocenters. The second-order valence-electron chi connectivity index (χ2n) is 8.32. The van der Waals surface area contributed by atoms with Gasteiger partial charge in [0, 0.05) is 58.8 Å². The van der Waals surface area contributed by atoms with E-state index in [2.05, 4.69) is 60.8 Å². The minimum Gasteiger partial charge on any atom is -0.362 e. The van der Waals surface area contributed by atoms with E-state index in [1.165, 1.54) is 40.8 Å². The van der Waals surface area contributed by atoms with E-state index in [4.69, 9.17) is 9.97 Å². The van der Waals surface area contributed by atoms with Crippen molar-refractivity contribution in [2.24, 2.45) is 0 Å². The molecule has 27 heavy (non-hydrogen) atoms. The summed E-state index contributed by atoms with van der Waals surface area (Å²) >= 11 is 0. The maximum Gasteiger partial charge on any atom is 0.227 e. The van der Waals surface area contributed by atoms with Gasteiger partial charge in [-0.25, -0.2) is 4.98 Å². The number of rotatable bonds is 4. The van der Waals surface area contributed by atoms with Gasteiger partial charge in [0.15, 0.2) is 0 Å². The van der Waals surface area contributed by atoms with E-state index in [9.17, 15) is 0 Å². The lowest BCUT2D eigenvalue weighted by atomic mass is 10.0. The first-order valence-electron chi connectivity index (χ1n) is 10.1. The van der Waals surface area contributed by atoms with E-state index >= 15 is 0 Å². The Bertz CT molecular complexity index is 803. The van der Waals surface area contributed by atoms with Gasteiger partial charge in [-0.1, -0.05) is 29.3 Å². The Morgan fingerprint density at radius 2 is 1.67 bits per heavy atom. The second kappa shape index (κ2) is 7.47. The van der Waals surface area contributed by atoms with Gasteiger partial charge in [0.25, 0.3) is 0 Å². The molecular formula is C22H31N5. The van der Waals surface area contributed by atoms with E-state index < -0.39 is 0 Å². The molecule has 0 radical (unpaired) electrons. The van der Waals surface area contributed by atoms with Gasteiger partial charge in [0.05, 0.1) is 5.69 Å². The van der Waals surface area contributed by atoms with Crippen LogP contribution in [0.1, 0.15) is 40.8 Å². The molecule has 1 saturated heterocycles. The smallest absolute Gasteiger partial charge is 0.227 e. The Balaban J connectivity index is 1.59. The number of nitrogens with zero attached hydrogens (tertiary/aromatic N) is 5. The van der Waals surface area contributed by atoms with Crippen LogP contribution < -0.4 is 9.80 Å². The minimum atomic E-state index is 0.927. The lowest BCUT2D eigenvalue weighted by Gasteiger charge is -2.32. The van der Waals surface area contributed by atoms with Crippen LogP contribution in [0.25, 0.3) is 0 Å². The summed E-state index contributed by atoms with van der Waals surface area (Å²) in [7, 11) is 4.19. The molecule has 0 spiro atoms. The molecule has 0 saturated carbocycles. The third kappa shape index (κ3) is 3.93. The van der Waals surface area contributed by atoms with Crippen LogP contribution in [0, 0.1) is 13.8 Å². The third-order valence-corrected chi connectivity index (χ3v) is 5.61. The summed E-state index contributed by atoms with van der Waals surface area (Å²) < 4.78 is 0. The van der Waals surface area contributed by atoms with Crippen molar-refractivity contribution in [3.05, 3.63) is 46.1 Å². The Kier molecular flexibility index (Phi) is 5.04. The average molecular weight is 366 g/mol. The molecule has 4 rings (SSSR count). The first kappa shape index (κ1) is 18.2. The Hall–Kier alpha value is -2.14. The Morgan fingerprint density at radius 1 is 0.963 bits per heavy atom. The van der Waals surface area contributed by atoms with Gasteiger partial charge in [-0.3, -0.25) is 4.90 Å². The van der Waals surface area contributed by atoms with Crippen molar-refractivity contribution < 1.29 is 0 Å². The minimum absolute atomic E-state index is 0.927. The van der Waals surface area contributed by atoms with Crippen LogP contribution in [0.2, 0.25) is 0 Å². The number of benzene rings is 1. The zero-order valence-electron chi connectivity index (χ0n) is 17.1. The summed E-state index contributed by atoms with van der Waals surface area (Å²) in [4.78, 5) is 16.9. The first-order chi connectivity index (χ1) is 13.0. The molecule has 144 valence electrons. The lowest BCUT2D eigenvalue weighted by Crippen LogP contribution is -2.33. The van der Waals surface area contributed by atoms with Crippen LogP contribution in [-0.2, 0) is 19.5 Å². The van der Waals surface area contributed by atoms with Crippen LogP contribution in [0.15, 0.2) is 18.2 Å². The van der Waals surface area contributed by atoms with Crippen LogP contribution in [0.3, 0.4) is 0 Å². The highest BCUT2D eigenvalue weighted by atomic mass is 15.3. The van der Waals surface area contributed by atoms with Gasteiger partial charge in [-0.2, -0.15) is 4.98 Å². The SMILES string of the molecule is Cc1cc(C)cc(CN2CCc3nc(N4CCCC4)nc(N(C)C)c3C2)c1. The van der Waals surface area contributed by atoms with Crippen molar-refractivity contribution in [2.75, 3.05) is 43.5 Å². The molecule has 0 N–H and O–H groups in total. The van der Waals surface area contributed by atoms with E-state index in [0.717, 1.165) is 50.9 Å². The molecule has 1 fully saturated rings. The first-order valence-corrected chi connectivity index (χ1v) is 10.1. The fourth-order valence-electron chi connectivity index (χ4n) is 4.42. The van der Waals surface area contributed by atoms with Crippen LogP contribution >= 0.6 is 0 Å². The van der Waals surface area contributed by atoms with Crippen molar-refractivity contribution in [1.29, 1.82) is 0 Å². The number of aryl methyl sites for hydroxylation is 2. The van der Waals surface area contributed by atoms with Crippen molar-refractivity contribution >= 4 is 11.8 Å². The molecule has 5 heteroatoms. The van der Waals surface area contributed by atoms with Gasteiger partial charge < -0.3 is 9.80 Å². The molecule has 2 aromatic rings. The fourth-order valence-corrected chi connectivity index (χ4v) is 4.42. The van der Waals surface area contributed by atoms with Crippen molar-refractivity contribution in [2.45, 2.75) is 46.2 Å². The van der Waals surface area contributed by atoms with E-state index in [1.807, 2.05) is 0 Å². The molecule has 3 heterocycles. The predicted octanol–water partition coefficient (Wildman–Crippen LogP) is 3.32. The standard InChI is InChI=1S/C22H31N5/c1-16-11-17(2)13-18(12-16)14-26-10-7-20-19(15-26)21(25(3)4)24-22(23-20)27-8-5-6-9-27/h11-13H,5-10,14-15H2,1-4H3. The Labute approximate surface area is 163 Å². The van der Waals surface area contributed by atoms with Gasteiger partial charge >= 0.3 is 0 Å². The van der Waals surface area contributed by atoms with Crippen molar-refractivity contribution in [3.8, 4) is 0 Å². The average Bonchev–Trinajstić information content (AvgIpc) is 3.14. The molecule has 5 nitrogen and oxygen atoms in total. The summed E-state index contributed by atoms with van der Waals surface area (Å²) in [5.41, 5.74) is 6.63. The molecule has 0 atom stereocenters. The molecule has 0 aliphatic carbocycles.